The number of nitrogens with one attached hydrogen (secondary N) is 3. The Hall–Kier alpha value is -3.48. The van der Waals surface area contributed by atoms with Crippen LogP contribution in [0.4, 0.5) is 17.3 Å². The van der Waals surface area contributed by atoms with E-state index in [4.69, 9.17) is 9.15 Å². The van der Waals surface area contributed by atoms with Gasteiger partial charge in [0, 0.05) is 41.8 Å². The molecule has 1 saturated carbocycles. The average molecular weight is 580 g/mol. The summed E-state index contributed by atoms with van der Waals surface area (Å²) in [6, 6.07) is 13.0. The molecule has 0 bridgehead atoms. The molecular formula is C29H37N7O4S. The van der Waals surface area contributed by atoms with Gasteiger partial charge in [0.15, 0.2) is 0 Å². The molecule has 1 saturated heterocycles. The predicted molar refractivity (Wildman–Crippen MR) is 157 cm³/mol. The maximum absolute atomic E-state index is 13.3. The number of ether oxygens (including phenoxy) is 1. The normalized spacial score (nSPS) is 20.4. The van der Waals surface area contributed by atoms with E-state index in [0.717, 1.165) is 56.0 Å². The molecule has 0 radical (unpaired) electrons. The number of rotatable bonds is 7. The molecule has 2 aromatic heterocycles. The van der Waals surface area contributed by atoms with E-state index in [1.807, 2.05) is 32.9 Å². The summed E-state index contributed by atoms with van der Waals surface area (Å²) < 4.78 is 40.8. The quantitative estimate of drug-likeness (QED) is 0.281. The van der Waals surface area contributed by atoms with Crippen molar-refractivity contribution >= 4 is 38.4 Å². The smallest absolute Gasteiger partial charge is 0.240 e. The largest absolute Gasteiger partial charge is 0.424 e. The Bertz CT molecular complexity index is 1590. The Morgan fingerprint density at radius 3 is 2.39 bits per heavy atom. The van der Waals surface area contributed by atoms with Gasteiger partial charge in [-0.1, -0.05) is 20.8 Å². The SMILES string of the molecule is CC(C)(C)c1nnc([C@H]2CC[C@H](NS(=O)(=O)c3ccc4[nH]c(Nc5ccc(N6CCOCC6)cc5)nc4c3)CC2)o1. The molecule has 2 aromatic carbocycles. The van der Waals surface area contributed by atoms with E-state index in [1.54, 1.807) is 18.2 Å². The summed E-state index contributed by atoms with van der Waals surface area (Å²) in [5, 5.41) is 11.7. The van der Waals surface area contributed by atoms with Gasteiger partial charge in [0.25, 0.3) is 0 Å². The fourth-order valence-electron chi connectivity index (χ4n) is 5.37. The second kappa shape index (κ2) is 11.1. The van der Waals surface area contributed by atoms with Crippen LogP contribution in [0.1, 0.15) is 64.2 Å². The maximum atomic E-state index is 13.3. The van der Waals surface area contributed by atoms with Crippen LogP contribution in [0, 0.1) is 0 Å². The van der Waals surface area contributed by atoms with Crippen LogP contribution < -0.4 is 14.9 Å². The van der Waals surface area contributed by atoms with E-state index in [2.05, 4.69) is 47.2 Å². The predicted octanol–water partition coefficient (Wildman–Crippen LogP) is 4.83. The number of nitrogens with zero attached hydrogens (tertiary/aromatic N) is 4. The highest BCUT2D eigenvalue weighted by atomic mass is 32.2. The third-order valence-corrected chi connectivity index (χ3v) is 9.27. The van der Waals surface area contributed by atoms with Gasteiger partial charge in [-0.2, -0.15) is 0 Å². The van der Waals surface area contributed by atoms with E-state index < -0.39 is 10.0 Å². The zero-order chi connectivity index (χ0) is 28.6. The van der Waals surface area contributed by atoms with Crippen LogP contribution in [0.25, 0.3) is 11.0 Å². The minimum absolute atomic E-state index is 0.145. The molecule has 2 aliphatic rings. The Morgan fingerprint density at radius 1 is 0.976 bits per heavy atom. The number of anilines is 3. The van der Waals surface area contributed by atoms with Crippen LogP contribution in [0.2, 0.25) is 0 Å². The molecule has 41 heavy (non-hydrogen) atoms. The summed E-state index contributed by atoms with van der Waals surface area (Å²) in [4.78, 5) is 10.3. The van der Waals surface area contributed by atoms with Crippen LogP contribution in [-0.4, -0.2) is 60.9 Å². The lowest BCUT2D eigenvalue weighted by atomic mass is 9.86. The molecule has 4 aromatic rings. The van der Waals surface area contributed by atoms with Gasteiger partial charge in [-0.3, -0.25) is 0 Å². The first-order chi connectivity index (χ1) is 19.6. The topological polar surface area (TPSA) is 138 Å². The number of aromatic nitrogens is 4. The van der Waals surface area contributed by atoms with Crippen molar-refractivity contribution in [3.8, 4) is 0 Å². The molecule has 11 nitrogen and oxygen atoms in total. The van der Waals surface area contributed by atoms with Gasteiger partial charge in [0.1, 0.15) is 0 Å². The van der Waals surface area contributed by atoms with Crippen molar-refractivity contribution in [2.75, 3.05) is 36.5 Å². The van der Waals surface area contributed by atoms with Gasteiger partial charge in [0.05, 0.1) is 29.1 Å². The van der Waals surface area contributed by atoms with Crippen molar-refractivity contribution in [3.63, 3.8) is 0 Å². The molecule has 0 spiro atoms. The maximum Gasteiger partial charge on any atom is 0.240 e. The minimum Gasteiger partial charge on any atom is -0.424 e. The molecule has 0 atom stereocenters. The first kappa shape index (κ1) is 27.7. The molecule has 0 unspecified atom stereocenters. The Morgan fingerprint density at radius 2 is 1.71 bits per heavy atom. The van der Waals surface area contributed by atoms with Crippen LogP contribution in [0.3, 0.4) is 0 Å². The number of sulfonamides is 1. The number of fused-ring (bicyclic) bond motifs is 1. The molecule has 2 fully saturated rings. The summed E-state index contributed by atoms with van der Waals surface area (Å²) in [5.74, 6) is 1.98. The van der Waals surface area contributed by atoms with Crippen molar-refractivity contribution in [3.05, 3.63) is 54.2 Å². The third kappa shape index (κ3) is 6.24. The highest BCUT2D eigenvalue weighted by molar-refractivity contribution is 7.89. The molecule has 3 N–H and O–H groups in total. The van der Waals surface area contributed by atoms with Gasteiger partial charge < -0.3 is 24.4 Å². The van der Waals surface area contributed by atoms with E-state index in [0.29, 0.717) is 36.1 Å². The Balaban J connectivity index is 1.07. The highest BCUT2D eigenvalue weighted by Crippen LogP contribution is 2.34. The number of benzene rings is 2. The number of imidazole rings is 1. The molecule has 1 aliphatic carbocycles. The van der Waals surface area contributed by atoms with Crippen molar-refractivity contribution < 1.29 is 17.6 Å². The highest BCUT2D eigenvalue weighted by Gasteiger charge is 2.31. The Kier molecular flexibility index (Phi) is 7.47. The first-order valence-electron chi connectivity index (χ1n) is 14.2. The average Bonchev–Trinajstić information content (AvgIpc) is 3.61. The summed E-state index contributed by atoms with van der Waals surface area (Å²) in [5.41, 5.74) is 3.19. The molecule has 12 heteroatoms. The molecule has 3 heterocycles. The molecule has 0 amide bonds. The number of H-pyrrole nitrogens is 1. The van der Waals surface area contributed by atoms with E-state index in [9.17, 15) is 8.42 Å². The van der Waals surface area contributed by atoms with Gasteiger partial charge in [-0.25, -0.2) is 18.1 Å². The molecular weight excluding hydrogens is 542 g/mol. The minimum atomic E-state index is -3.70. The molecule has 6 rings (SSSR count). The van der Waals surface area contributed by atoms with Crippen LogP contribution in [0.15, 0.2) is 51.8 Å². The standard InChI is InChI=1S/C29H37N7O4S/c1-29(2,3)27-34-33-26(40-27)19-4-6-21(7-5-19)35-41(37,38)23-12-13-24-25(18-23)32-28(31-24)30-20-8-10-22(11-9-20)36-14-16-39-17-15-36/h8-13,18-19,21,35H,4-7,14-17H2,1-3H3,(H2,30,31,32)/t19-,21-. The summed E-state index contributed by atoms with van der Waals surface area (Å²) in [6.45, 7) is 9.38. The fraction of sp³-hybridized carbons (Fsp3) is 0.483. The number of hydrogen-bond donors (Lipinski definition) is 3. The van der Waals surface area contributed by atoms with Crippen LogP contribution >= 0.6 is 0 Å². The molecule has 218 valence electrons. The van der Waals surface area contributed by atoms with E-state index in [-0.39, 0.29) is 22.3 Å². The fourth-order valence-corrected chi connectivity index (χ4v) is 6.70. The van der Waals surface area contributed by atoms with Gasteiger partial charge in [0.2, 0.25) is 27.8 Å². The summed E-state index contributed by atoms with van der Waals surface area (Å²) >= 11 is 0. The number of hydrogen-bond acceptors (Lipinski definition) is 9. The van der Waals surface area contributed by atoms with Crippen LogP contribution in [0.5, 0.6) is 0 Å². The third-order valence-electron chi connectivity index (χ3n) is 7.75. The number of morpholine rings is 1. The second-order valence-corrected chi connectivity index (χ2v) is 13.6. The van der Waals surface area contributed by atoms with E-state index >= 15 is 0 Å². The van der Waals surface area contributed by atoms with E-state index in [1.165, 1.54) is 0 Å². The lowest BCUT2D eigenvalue weighted by Crippen LogP contribution is -2.37. The summed E-state index contributed by atoms with van der Waals surface area (Å²) in [7, 11) is -3.70. The van der Waals surface area contributed by atoms with Crippen molar-refractivity contribution in [2.45, 2.75) is 68.7 Å². The zero-order valence-electron chi connectivity index (χ0n) is 23.7. The summed E-state index contributed by atoms with van der Waals surface area (Å²) in [6.07, 6.45) is 3.00. The van der Waals surface area contributed by atoms with Gasteiger partial charge >= 0.3 is 0 Å². The number of aromatic amines is 1. The first-order valence-corrected chi connectivity index (χ1v) is 15.7. The monoisotopic (exact) mass is 579 g/mol. The Labute approximate surface area is 240 Å². The van der Waals surface area contributed by atoms with Crippen LogP contribution in [-0.2, 0) is 20.2 Å². The lowest BCUT2D eigenvalue weighted by molar-refractivity contribution is 0.122. The lowest BCUT2D eigenvalue weighted by Gasteiger charge is -2.28. The van der Waals surface area contributed by atoms with Crippen molar-refractivity contribution in [1.29, 1.82) is 0 Å². The van der Waals surface area contributed by atoms with Crippen molar-refractivity contribution in [1.82, 2.24) is 24.9 Å². The second-order valence-electron chi connectivity index (χ2n) is 11.9. The zero-order valence-corrected chi connectivity index (χ0v) is 24.5. The van der Waals surface area contributed by atoms with Gasteiger partial charge in [-0.05, 0) is 68.1 Å². The van der Waals surface area contributed by atoms with Crippen molar-refractivity contribution in [2.24, 2.45) is 0 Å². The molecule has 1 aliphatic heterocycles. The van der Waals surface area contributed by atoms with Gasteiger partial charge in [-0.15, -0.1) is 10.2 Å².